The molecule has 0 aliphatic carbocycles. The summed E-state index contributed by atoms with van der Waals surface area (Å²) in [6, 6.07) is 5.28. The highest BCUT2D eigenvalue weighted by atomic mass is 19.1. The van der Waals surface area contributed by atoms with Gasteiger partial charge in [0.2, 0.25) is 0 Å². The van der Waals surface area contributed by atoms with Crippen molar-refractivity contribution in [1.82, 2.24) is 4.57 Å². The van der Waals surface area contributed by atoms with E-state index in [9.17, 15) is 9.50 Å². The van der Waals surface area contributed by atoms with Gasteiger partial charge in [0.1, 0.15) is 5.82 Å². The van der Waals surface area contributed by atoms with Gasteiger partial charge in [-0.3, -0.25) is 0 Å². The van der Waals surface area contributed by atoms with Gasteiger partial charge in [-0.05, 0) is 30.9 Å². The molecular weight excluding hydrogens is 229 g/mol. The first-order valence-electron chi connectivity index (χ1n) is 6.69. The SMILES string of the molecule is CCCc1c2n(c3c(F)cccc13)C[C@@H](O)CC2. The molecule has 1 aromatic carbocycles. The number of aliphatic hydroxyl groups excluding tert-OH is 1. The van der Waals surface area contributed by atoms with E-state index in [1.54, 1.807) is 6.07 Å². The molecule has 1 aromatic heterocycles. The predicted molar refractivity (Wildman–Crippen MR) is 70.2 cm³/mol. The molecule has 0 bridgehead atoms. The van der Waals surface area contributed by atoms with Crippen LogP contribution in [0.25, 0.3) is 10.9 Å². The summed E-state index contributed by atoms with van der Waals surface area (Å²) in [5.41, 5.74) is 3.18. The van der Waals surface area contributed by atoms with Crippen molar-refractivity contribution in [3.8, 4) is 0 Å². The van der Waals surface area contributed by atoms with Gasteiger partial charge in [0.05, 0.1) is 11.6 Å². The van der Waals surface area contributed by atoms with Gasteiger partial charge in [-0.25, -0.2) is 4.39 Å². The fraction of sp³-hybridized carbons (Fsp3) is 0.467. The van der Waals surface area contributed by atoms with E-state index < -0.39 is 0 Å². The average molecular weight is 247 g/mol. The number of aryl methyl sites for hydroxylation is 1. The normalized spacial score (nSPS) is 19.2. The van der Waals surface area contributed by atoms with E-state index in [0.717, 1.165) is 31.1 Å². The van der Waals surface area contributed by atoms with Crippen LogP contribution in [-0.2, 0) is 19.4 Å². The van der Waals surface area contributed by atoms with E-state index in [2.05, 4.69) is 6.92 Å². The molecule has 2 heterocycles. The second kappa shape index (κ2) is 4.39. The second-order valence-electron chi connectivity index (χ2n) is 5.11. The number of aliphatic hydroxyl groups is 1. The summed E-state index contributed by atoms with van der Waals surface area (Å²) in [5.74, 6) is -0.176. The lowest BCUT2D eigenvalue weighted by molar-refractivity contribution is 0.132. The van der Waals surface area contributed by atoms with Gasteiger partial charge in [0, 0.05) is 17.6 Å². The number of para-hydroxylation sites is 1. The lowest BCUT2D eigenvalue weighted by atomic mass is 10.0. The summed E-state index contributed by atoms with van der Waals surface area (Å²) in [6.45, 7) is 2.67. The van der Waals surface area contributed by atoms with Crippen LogP contribution in [0.15, 0.2) is 18.2 Å². The van der Waals surface area contributed by atoms with E-state index in [-0.39, 0.29) is 11.9 Å². The number of aromatic nitrogens is 1. The maximum atomic E-state index is 14.1. The summed E-state index contributed by atoms with van der Waals surface area (Å²) < 4.78 is 16.0. The molecule has 1 N–H and O–H groups in total. The Morgan fingerprint density at radius 1 is 1.44 bits per heavy atom. The molecule has 1 atom stereocenters. The Labute approximate surface area is 106 Å². The smallest absolute Gasteiger partial charge is 0.147 e. The molecule has 0 radical (unpaired) electrons. The summed E-state index contributed by atoms with van der Waals surface area (Å²) in [6.07, 6.45) is 3.34. The van der Waals surface area contributed by atoms with Crippen LogP contribution in [0.5, 0.6) is 0 Å². The van der Waals surface area contributed by atoms with Gasteiger partial charge in [0.25, 0.3) is 0 Å². The van der Waals surface area contributed by atoms with Crippen LogP contribution >= 0.6 is 0 Å². The third-order valence-corrected chi connectivity index (χ3v) is 3.86. The highest BCUT2D eigenvalue weighted by molar-refractivity contribution is 5.86. The zero-order valence-electron chi connectivity index (χ0n) is 10.6. The molecule has 2 nitrogen and oxygen atoms in total. The second-order valence-corrected chi connectivity index (χ2v) is 5.11. The number of hydrogen-bond donors (Lipinski definition) is 1. The van der Waals surface area contributed by atoms with Crippen molar-refractivity contribution < 1.29 is 9.50 Å². The summed E-state index contributed by atoms with van der Waals surface area (Å²) >= 11 is 0. The van der Waals surface area contributed by atoms with Crippen LogP contribution in [0.3, 0.4) is 0 Å². The zero-order chi connectivity index (χ0) is 12.7. The molecule has 0 saturated heterocycles. The van der Waals surface area contributed by atoms with E-state index in [1.165, 1.54) is 17.3 Å². The van der Waals surface area contributed by atoms with E-state index in [0.29, 0.717) is 12.1 Å². The third kappa shape index (κ3) is 1.65. The van der Waals surface area contributed by atoms with Crippen LogP contribution in [0, 0.1) is 5.82 Å². The maximum Gasteiger partial charge on any atom is 0.147 e. The lowest BCUT2D eigenvalue weighted by Crippen LogP contribution is -2.24. The number of halogens is 1. The lowest BCUT2D eigenvalue weighted by Gasteiger charge is -2.22. The van der Waals surface area contributed by atoms with Crippen molar-refractivity contribution in [2.24, 2.45) is 0 Å². The Kier molecular flexibility index (Phi) is 2.86. The van der Waals surface area contributed by atoms with Crippen LogP contribution < -0.4 is 0 Å². The Hall–Kier alpha value is -1.35. The van der Waals surface area contributed by atoms with Crippen molar-refractivity contribution in [1.29, 1.82) is 0 Å². The highest BCUT2D eigenvalue weighted by Crippen LogP contribution is 2.33. The van der Waals surface area contributed by atoms with Crippen LogP contribution in [0.1, 0.15) is 31.0 Å². The molecule has 3 heteroatoms. The fourth-order valence-corrected chi connectivity index (χ4v) is 3.11. The Morgan fingerprint density at radius 3 is 3.06 bits per heavy atom. The minimum atomic E-state index is -0.345. The van der Waals surface area contributed by atoms with Gasteiger partial charge in [-0.15, -0.1) is 0 Å². The fourth-order valence-electron chi connectivity index (χ4n) is 3.11. The van der Waals surface area contributed by atoms with Gasteiger partial charge in [0.15, 0.2) is 0 Å². The number of fused-ring (bicyclic) bond motifs is 3. The standard InChI is InChI=1S/C15H18FNO/c1-2-4-11-12-5-3-6-13(16)15(12)17-9-10(18)7-8-14(11)17/h3,5-6,10,18H,2,4,7-9H2,1H3/t10-/m0/s1. The van der Waals surface area contributed by atoms with Gasteiger partial charge >= 0.3 is 0 Å². The van der Waals surface area contributed by atoms with Crippen molar-refractivity contribution in [2.45, 2.75) is 45.3 Å². The first-order valence-corrected chi connectivity index (χ1v) is 6.69. The third-order valence-electron chi connectivity index (χ3n) is 3.86. The topological polar surface area (TPSA) is 25.2 Å². The summed E-state index contributed by atoms with van der Waals surface area (Å²) in [4.78, 5) is 0. The molecule has 18 heavy (non-hydrogen) atoms. The molecular formula is C15H18FNO. The highest BCUT2D eigenvalue weighted by Gasteiger charge is 2.24. The first-order chi connectivity index (χ1) is 8.72. The van der Waals surface area contributed by atoms with Gasteiger partial charge in [-0.1, -0.05) is 25.5 Å². The minimum absolute atomic E-state index is 0.176. The zero-order valence-corrected chi connectivity index (χ0v) is 10.6. The van der Waals surface area contributed by atoms with Gasteiger partial charge < -0.3 is 9.67 Å². The molecule has 96 valence electrons. The molecule has 1 aliphatic rings. The monoisotopic (exact) mass is 247 g/mol. The molecule has 0 unspecified atom stereocenters. The molecule has 3 rings (SSSR count). The average Bonchev–Trinajstić information content (AvgIpc) is 2.65. The number of hydrogen-bond acceptors (Lipinski definition) is 1. The Balaban J connectivity index is 2.30. The molecule has 1 aliphatic heterocycles. The van der Waals surface area contributed by atoms with Crippen LogP contribution in [-0.4, -0.2) is 15.8 Å². The van der Waals surface area contributed by atoms with Crippen molar-refractivity contribution in [3.63, 3.8) is 0 Å². The van der Waals surface area contributed by atoms with E-state index in [4.69, 9.17) is 0 Å². The quantitative estimate of drug-likeness (QED) is 0.867. The van der Waals surface area contributed by atoms with Crippen molar-refractivity contribution in [3.05, 3.63) is 35.3 Å². The van der Waals surface area contributed by atoms with Gasteiger partial charge in [-0.2, -0.15) is 0 Å². The molecule has 0 fully saturated rings. The molecule has 0 saturated carbocycles. The largest absolute Gasteiger partial charge is 0.391 e. The number of nitrogens with zero attached hydrogens (tertiary/aromatic N) is 1. The molecule has 0 amide bonds. The Morgan fingerprint density at radius 2 is 2.28 bits per heavy atom. The van der Waals surface area contributed by atoms with Crippen LogP contribution in [0.2, 0.25) is 0 Å². The first kappa shape index (κ1) is 11.7. The van der Waals surface area contributed by atoms with E-state index >= 15 is 0 Å². The number of rotatable bonds is 2. The summed E-state index contributed by atoms with van der Waals surface area (Å²) in [7, 11) is 0. The maximum absolute atomic E-state index is 14.1. The molecule has 0 spiro atoms. The van der Waals surface area contributed by atoms with Crippen LogP contribution in [0.4, 0.5) is 4.39 Å². The Bertz CT molecular complexity index is 588. The molecule has 2 aromatic rings. The predicted octanol–water partition coefficient (Wildman–Crippen LogP) is 3.04. The van der Waals surface area contributed by atoms with Crippen molar-refractivity contribution >= 4 is 10.9 Å². The number of benzene rings is 1. The van der Waals surface area contributed by atoms with Crippen molar-refractivity contribution in [2.75, 3.05) is 0 Å². The summed E-state index contributed by atoms with van der Waals surface area (Å²) in [5, 5.41) is 10.8. The van der Waals surface area contributed by atoms with E-state index in [1.807, 2.05) is 10.6 Å². The minimum Gasteiger partial charge on any atom is -0.391 e.